The first-order valence-corrected chi connectivity index (χ1v) is 8.82. The van der Waals surface area contributed by atoms with E-state index < -0.39 is 0 Å². The van der Waals surface area contributed by atoms with Gasteiger partial charge in [-0.2, -0.15) is 0 Å². The van der Waals surface area contributed by atoms with Crippen LogP contribution in [-0.2, 0) is 6.54 Å². The number of hydrogen-bond acceptors (Lipinski definition) is 3. The highest BCUT2D eigenvalue weighted by molar-refractivity contribution is 5.93. The Morgan fingerprint density at radius 2 is 1.72 bits per heavy atom. The molecule has 3 rings (SSSR count). The molecule has 0 atom stereocenters. The Hall–Kier alpha value is -2.53. The molecule has 0 unspecified atom stereocenters. The second kappa shape index (κ2) is 8.53. The quantitative estimate of drug-likeness (QED) is 0.849. The van der Waals surface area contributed by atoms with Crippen molar-refractivity contribution in [1.82, 2.24) is 4.90 Å². The van der Waals surface area contributed by atoms with E-state index in [4.69, 9.17) is 0 Å². The molecule has 0 aromatic heterocycles. The van der Waals surface area contributed by atoms with Gasteiger partial charge in [-0.3, -0.25) is 0 Å². The summed E-state index contributed by atoms with van der Waals surface area (Å²) in [5, 5.41) is 12.4. The molecule has 2 aromatic carbocycles. The fraction of sp³-hybridized carbons (Fsp3) is 0.350. The number of para-hydroxylation sites is 2. The minimum absolute atomic E-state index is 0.0615. The Morgan fingerprint density at radius 3 is 2.44 bits per heavy atom. The number of aliphatic hydroxyl groups excluding tert-OH is 1. The maximum Gasteiger partial charge on any atom is 0.322 e. The van der Waals surface area contributed by atoms with Crippen molar-refractivity contribution in [2.45, 2.75) is 19.4 Å². The summed E-state index contributed by atoms with van der Waals surface area (Å²) >= 11 is 0. The van der Waals surface area contributed by atoms with Gasteiger partial charge in [0.2, 0.25) is 0 Å². The molecule has 1 aliphatic rings. The van der Waals surface area contributed by atoms with Crippen LogP contribution in [0.2, 0.25) is 0 Å². The molecular formula is C20H25N3O2. The molecule has 2 aromatic rings. The standard InChI is InChI=1S/C20H25N3O2/c24-15-14-23(16-17-8-2-1-3-9-17)20(25)21-18-10-4-5-11-19(18)22-12-6-7-13-22/h1-5,8-11,24H,6-7,12-16H2,(H,21,25). The van der Waals surface area contributed by atoms with Crippen LogP contribution in [-0.4, -0.2) is 42.3 Å². The van der Waals surface area contributed by atoms with Crippen molar-refractivity contribution in [3.8, 4) is 0 Å². The molecule has 0 spiro atoms. The molecule has 5 heteroatoms. The van der Waals surface area contributed by atoms with Gasteiger partial charge in [-0.05, 0) is 30.5 Å². The van der Waals surface area contributed by atoms with E-state index in [9.17, 15) is 9.90 Å². The van der Waals surface area contributed by atoms with Gasteiger partial charge in [-0.25, -0.2) is 4.79 Å². The zero-order chi connectivity index (χ0) is 17.5. The monoisotopic (exact) mass is 339 g/mol. The minimum atomic E-state index is -0.190. The van der Waals surface area contributed by atoms with Crippen molar-refractivity contribution in [3.63, 3.8) is 0 Å². The van der Waals surface area contributed by atoms with Gasteiger partial charge in [0, 0.05) is 26.2 Å². The van der Waals surface area contributed by atoms with Crippen LogP contribution in [0.5, 0.6) is 0 Å². The zero-order valence-electron chi connectivity index (χ0n) is 14.4. The average molecular weight is 339 g/mol. The summed E-state index contributed by atoms with van der Waals surface area (Å²) in [7, 11) is 0. The number of hydrogen-bond donors (Lipinski definition) is 2. The number of amides is 2. The van der Waals surface area contributed by atoms with Gasteiger partial charge >= 0.3 is 6.03 Å². The second-order valence-electron chi connectivity index (χ2n) is 6.27. The summed E-state index contributed by atoms with van der Waals surface area (Å²) < 4.78 is 0. The minimum Gasteiger partial charge on any atom is -0.395 e. The molecule has 1 saturated heterocycles. The first kappa shape index (κ1) is 17.3. The molecule has 0 bridgehead atoms. The van der Waals surface area contributed by atoms with E-state index in [1.807, 2.05) is 48.5 Å². The number of carbonyl (C=O) groups is 1. The van der Waals surface area contributed by atoms with Crippen molar-refractivity contribution in [2.75, 3.05) is 36.5 Å². The molecule has 0 radical (unpaired) electrons. The van der Waals surface area contributed by atoms with E-state index in [1.54, 1.807) is 4.90 Å². The molecule has 0 aliphatic carbocycles. The Labute approximate surface area is 148 Å². The van der Waals surface area contributed by atoms with Gasteiger partial charge in [0.15, 0.2) is 0 Å². The molecule has 2 N–H and O–H groups in total. The predicted octanol–water partition coefficient (Wildman–Crippen LogP) is 3.31. The lowest BCUT2D eigenvalue weighted by Crippen LogP contribution is -2.37. The largest absolute Gasteiger partial charge is 0.395 e. The highest BCUT2D eigenvalue weighted by Crippen LogP contribution is 2.28. The lowest BCUT2D eigenvalue weighted by Gasteiger charge is -2.25. The molecule has 1 heterocycles. The number of urea groups is 1. The first-order valence-electron chi connectivity index (χ1n) is 8.82. The van der Waals surface area contributed by atoms with Crippen LogP contribution in [0, 0.1) is 0 Å². The fourth-order valence-electron chi connectivity index (χ4n) is 3.18. The number of anilines is 2. The van der Waals surface area contributed by atoms with Crippen LogP contribution in [0.25, 0.3) is 0 Å². The summed E-state index contributed by atoms with van der Waals surface area (Å²) in [6.07, 6.45) is 2.37. The molecule has 0 saturated carbocycles. The Kier molecular flexibility index (Phi) is 5.90. The molecule has 1 fully saturated rings. The van der Waals surface area contributed by atoms with Crippen LogP contribution in [0.3, 0.4) is 0 Å². The summed E-state index contributed by atoms with van der Waals surface area (Å²) in [5.74, 6) is 0. The van der Waals surface area contributed by atoms with Crippen molar-refractivity contribution >= 4 is 17.4 Å². The lowest BCUT2D eigenvalue weighted by molar-refractivity contribution is 0.185. The van der Waals surface area contributed by atoms with Crippen LogP contribution in [0.15, 0.2) is 54.6 Å². The lowest BCUT2D eigenvalue weighted by atomic mass is 10.2. The summed E-state index contributed by atoms with van der Waals surface area (Å²) in [5.41, 5.74) is 2.93. The van der Waals surface area contributed by atoms with E-state index >= 15 is 0 Å². The Bertz CT molecular complexity index is 684. The highest BCUT2D eigenvalue weighted by Gasteiger charge is 2.19. The molecule has 25 heavy (non-hydrogen) atoms. The SMILES string of the molecule is O=C(Nc1ccccc1N1CCCC1)N(CCO)Cc1ccccc1. The second-order valence-corrected chi connectivity index (χ2v) is 6.27. The predicted molar refractivity (Wildman–Crippen MR) is 101 cm³/mol. The molecule has 132 valence electrons. The smallest absolute Gasteiger partial charge is 0.322 e. The third-order valence-electron chi connectivity index (χ3n) is 4.47. The van der Waals surface area contributed by atoms with Crippen LogP contribution >= 0.6 is 0 Å². The Morgan fingerprint density at radius 1 is 1.04 bits per heavy atom. The summed E-state index contributed by atoms with van der Waals surface area (Å²) in [4.78, 5) is 16.7. The van der Waals surface area contributed by atoms with Gasteiger partial charge in [0.05, 0.1) is 18.0 Å². The highest BCUT2D eigenvalue weighted by atomic mass is 16.3. The Balaban J connectivity index is 1.73. The van der Waals surface area contributed by atoms with Gasteiger partial charge in [0.25, 0.3) is 0 Å². The van der Waals surface area contributed by atoms with E-state index in [1.165, 1.54) is 12.8 Å². The third kappa shape index (κ3) is 4.51. The number of carbonyl (C=O) groups excluding carboxylic acids is 1. The van der Waals surface area contributed by atoms with Crippen LogP contribution < -0.4 is 10.2 Å². The van der Waals surface area contributed by atoms with E-state index in [-0.39, 0.29) is 12.6 Å². The fourth-order valence-corrected chi connectivity index (χ4v) is 3.18. The van der Waals surface area contributed by atoms with Crippen molar-refractivity contribution in [3.05, 3.63) is 60.2 Å². The topological polar surface area (TPSA) is 55.8 Å². The van der Waals surface area contributed by atoms with E-state index in [0.29, 0.717) is 13.1 Å². The molecule has 5 nitrogen and oxygen atoms in total. The number of nitrogens with zero attached hydrogens (tertiary/aromatic N) is 2. The van der Waals surface area contributed by atoms with Gasteiger partial charge in [0.1, 0.15) is 0 Å². The number of aliphatic hydroxyl groups is 1. The maximum absolute atomic E-state index is 12.8. The normalized spacial score (nSPS) is 13.7. The third-order valence-corrected chi connectivity index (χ3v) is 4.47. The van der Waals surface area contributed by atoms with Crippen molar-refractivity contribution < 1.29 is 9.90 Å². The van der Waals surface area contributed by atoms with Crippen molar-refractivity contribution in [1.29, 1.82) is 0 Å². The van der Waals surface area contributed by atoms with Crippen LogP contribution in [0.1, 0.15) is 18.4 Å². The van der Waals surface area contributed by atoms with Crippen molar-refractivity contribution in [2.24, 2.45) is 0 Å². The first-order chi connectivity index (χ1) is 12.3. The maximum atomic E-state index is 12.8. The number of nitrogens with one attached hydrogen (secondary N) is 1. The van der Waals surface area contributed by atoms with E-state index in [2.05, 4.69) is 16.3 Å². The molecular weight excluding hydrogens is 314 g/mol. The van der Waals surface area contributed by atoms with E-state index in [0.717, 1.165) is 30.0 Å². The summed E-state index contributed by atoms with van der Waals surface area (Å²) in [6, 6.07) is 17.5. The molecule has 2 amide bonds. The molecule has 1 aliphatic heterocycles. The van der Waals surface area contributed by atoms with Gasteiger partial charge in [-0.15, -0.1) is 0 Å². The van der Waals surface area contributed by atoms with Gasteiger partial charge in [-0.1, -0.05) is 42.5 Å². The zero-order valence-corrected chi connectivity index (χ0v) is 14.4. The van der Waals surface area contributed by atoms with Gasteiger partial charge < -0.3 is 20.2 Å². The van der Waals surface area contributed by atoms with Crippen LogP contribution in [0.4, 0.5) is 16.2 Å². The average Bonchev–Trinajstić information content (AvgIpc) is 3.17. The number of benzene rings is 2. The number of rotatable bonds is 6. The summed E-state index contributed by atoms with van der Waals surface area (Å²) in [6.45, 7) is 2.76.